The van der Waals surface area contributed by atoms with Crippen molar-refractivity contribution in [3.05, 3.63) is 59.2 Å². The van der Waals surface area contributed by atoms with Crippen molar-refractivity contribution in [1.29, 1.82) is 0 Å². The van der Waals surface area contributed by atoms with Crippen molar-refractivity contribution < 1.29 is 27.9 Å². The first kappa shape index (κ1) is 31.1. The van der Waals surface area contributed by atoms with Crippen LogP contribution in [0.1, 0.15) is 38.2 Å². The summed E-state index contributed by atoms with van der Waals surface area (Å²) in [6.07, 6.45) is 2.32. The summed E-state index contributed by atoms with van der Waals surface area (Å²) in [6, 6.07) is 16.1. The van der Waals surface area contributed by atoms with E-state index in [2.05, 4.69) is 56.2 Å². The van der Waals surface area contributed by atoms with Gasteiger partial charge in [-0.1, -0.05) is 29.8 Å². The topological polar surface area (TPSA) is 89.0 Å². The molecule has 0 bridgehead atoms. The van der Waals surface area contributed by atoms with E-state index in [1.165, 1.54) is 5.56 Å². The van der Waals surface area contributed by atoms with Gasteiger partial charge in [-0.25, -0.2) is 9.78 Å². The monoisotopic (exact) mass is 595 g/mol. The van der Waals surface area contributed by atoms with Crippen molar-refractivity contribution in [2.75, 3.05) is 37.6 Å². The molecule has 5 rings (SSSR count). The predicted molar refractivity (Wildman–Crippen MR) is 151 cm³/mol. The number of benzene rings is 1. The molecule has 0 unspecified atom stereocenters. The van der Waals surface area contributed by atoms with Crippen molar-refractivity contribution >= 4 is 29.3 Å². The number of piperazine rings is 1. The summed E-state index contributed by atoms with van der Waals surface area (Å²) in [5.41, 5.74) is 1.31. The number of halogens is 4. The van der Waals surface area contributed by atoms with Crippen molar-refractivity contribution in [2.24, 2.45) is 0 Å². The van der Waals surface area contributed by atoms with E-state index in [-0.39, 0.29) is 5.91 Å². The first-order valence-corrected chi connectivity index (χ1v) is 14.4. The van der Waals surface area contributed by atoms with Gasteiger partial charge in [-0.3, -0.25) is 14.6 Å². The van der Waals surface area contributed by atoms with Gasteiger partial charge in [0.15, 0.2) is 0 Å². The molecular weight excluding hydrogens is 559 g/mol. The summed E-state index contributed by atoms with van der Waals surface area (Å²) >= 11 is 6.14. The molecule has 3 heterocycles. The quantitative estimate of drug-likeness (QED) is 0.495. The zero-order valence-electron chi connectivity index (χ0n) is 23.1. The van der Waals surface area contributed by atoms with Gasteiger partial charge in [-0.2, -0.15) is 13.2 Å². The fourth-order valence-corrected chi connectivity index (χ4v) is 5.65. The minimum absolute atomic E-state index is 0.178. The van der Waals surface area contributed by atoms with E-state index in [9.17, 15) is 18.0 Å². The Morgan fingerprint density at radius 2 is 1.71 bits per heavy atom. The van der Waals surface area contributed by atoms with Crippen molar-refractivity contribution in [1.82, 2.24) is 20.1 Å². The van der Waals surface area contributed by atoms with Crippen LogP contribution in [-0.4, -0.2) is 94.8 Å². The molecule has 3 aliphatic rings. The van der Waals surface area contributed by atoms with Gasteiger partial charge in [-0.15, -0.1) is 0 Å². The lowest BCUT2D eigenvalue weighted by Crippen LogP contribution is -2.63. The summed E-state index contributed by atoms with van der Waals surface area (Å²) < 4.78 is 31.7. The van der Waals surface area contributed by atoms with Gasteiger partial charge < -0.3 is 15.3 Å². The molecule has 1 amide bonds. The Bertz CT molecular complexity index is 1140. The molecule has 2 atom stereocenters. The summed E-state index contributed by atoms with van der Waals surface area (Å²) in [6.45, 7) is 6.77. The molecule has 2 N–H and O–H groups in total. The number of aliphatic carboxylic acids is 1. The number of carboxylic acid groups (broad SMARTS) is 1. The maximum Gasteiger partial charge on any atom is 0.490 e. The normalized spacial score (nSPS) is 22.5. The molecule has 2 aliphatic heterocycles. The van der Waals surface area contributed by atoms with Gasteiger partial charge in [0.1, 0.15) is 5.82 Å². The maximum atomic E-state index is 12.6. The molecular formula is C29H37ClF3N5O3. The predicted octanol–water partition coefficient (Wildman–Crippen LogP) is 4.23. The van der Waals surface area contributed by atoms with Crippen LogP contribution in [0.3, 0.4) is 0 Å². The third-order valence-electron chi connectivity index (χ3n) is 7.84. The highest BCUT2D eigenvalue weighted by Crippen LogP contribution is 2.28. The highest BCUT2D eigenvalue weighted by molar-refractivity contribution is 6.30. The number of alkyl halides is 3. The van der Waals surface area contributed by atoms with Crippen LogP contribution in [0.15, 0.2) is 48.7 Å². The number of pyridine rings is 1. The third kappa shape index (κ3) is 9.31. The van der Waals surface area contributed by atoms with Crippen LogP contribution in [0.2, 0.25) is 5.02 Å². The summed E-state index contributed by atoms with van der Waals surface area (Å²) in [5.74, 6) is -1.50. The third-order valence-corrected chi connectivity index (χ3v) is 8.09. The molecule has 41 heavy (non-hydrogen) atoms. The first-order valence-electron chi connectivity index (χ1n) is 14.0. The van der Waals surface area contributed by atoms with Crippen molar-refractivity contribution in [2.45, 2.75) is 69.4 Å². The van der Waals surface area contributed by atoms with Crippen molar-refractivity contribution in [3.63, 3.8) is 0 Å². The van der Waals surface area contributed by atoms with E-state index in [1.807, 2.05) is 24.4 Å². The number of amides is 1. The number of anilines is 1. The highest BCUT2D eigenvalue weighted by Gasteiger charge is 2.39. The lowest BCUT2D eigenvalue weighted by atomic mass is 9.94. The highest BCUT2D eigenvalue weighted by atomic mass is 35.5. The number of hydrogen-bond acceptors (Lipinski definition) is 6. The molecule has 224 valence electrons. The Morgan fingerprint density at radius 1 is 1.05 bits per heavy atom. The van der Waals surface area contributed by atoms with E-state index in [0.717, 1.165) is 69.1 Å². The van der Waals surface area contributed by atoms with Gasteiger partial charge in [0.25, 0.3) is 0 Å². The molecule has 0 radical (unpaired) electrons. The molecule has 12 heteroatoms. The van der Waals surface area contributed by atoms with Gasteiger partial charge in [-0.05, 0) is 68.9 Å². The molecule has 1 aliphatic carbocycles. The number of carbonyl (C=O) groups excluding carboxylic acids is 1. The summed E-state index contributed by atoms with van der Waals surface area (Å²) in [4.78, 5) is 33.6. The van der Waals surface area contributed by atoms with E-state index >= 15 is 0 Å². The van der Waals surface area contributed by atoms with Crippen LogP contribution in [0.25, 0.3) is 0 Å². The number of nitrogens with one attached hydrogen (secondary N) is 1. The van der Waals surface area contributed by atoms with Crippen LogP contribution in [0, 0.1) is 0 Å². The SMILES string of the molecule is C[C@H]1CN(C2CCN(c3ccccn3)CC2)[C@@H](Cc2ccc(Cl)cc2)CN1CC(=O)NC1CC1.O=C(O)C(F)(F)F. The van der Waals surface area contributed by atoms with Crippen LogP contribution >= 0.6 is 11.6 Å². The summed E-state index contributed by atoms with van der Waals surface area (Å²) in [7, 11) is 0. The minimum Gasteiger partial charge on any atom is -0.475 e. The van der Waals surface area contributed by atoms with Crippen LogP contribution in [-0.2, 0) is 16.0 Å². The largest absolute Gasteiger partial charge is 0.490 e. The number of aromatic nitrogens is 1. The molecule has 2 aromatic rings. The number of carbonyl (C=O) groups is 2. The molecule has 3 fully saturated rings. The van der Waals surface area contributed by atoms with E-state index in [0.29, 0.717) is 30.7 Å². The number of hydrogen-bond donors (Lipinski definition) is 2. The zero-order valence-corrected chi connectivity index (χ0v) is 23.8. The second-order valence-corrected chi connectivity index (χ2v) is 11.4. The van der Waals surface area contributed by atoms with E-state index in [4.69, 9.17) is 21.5 Å². The fourth-order valence-electron chi connectivity index (χ4n) is 5.52. The molecule has 2 saturated heterocycles. The van der Waals surface area contributed by atoms with Gasteiger partial charge >= 0.3 is 12.1 Å². The van der Waals surface area contributed by atoms with Gasteiger partial charge in [0.05, 0.1) is 6.54 Å². The smallest absolute Gasteiger partial charge is 0.475 e. The Labute approximate surface area is 243 Å². The van der Waals surface area contributed by atoms with E-state index < -0.39 is 12.1 Å². The Kier molecular flexibility index (Phi) is 10.5. The Hall–Kier alpha value is -2.89. The molecule has 8 nitrogen and oxygen atoms in total. The van der Waals surface area contributed by atoms with Crippen molar-refractivity contribution in [3.8, 4) is 0 Å². The summed E-state index contributed by atoms with van der Waals surface area (Å²) in [5, 5.41) is 11.1. The lowest BCUT2D eigenvalue weighted by molar-refractivity contribution is -0.192. The number of piperidine rings is 1. The lowest BCUT2D eigenvalue weighted by Gasteiger charge is -2.50. The van der Waals surface area contributed by atoms with Crippen LogP contribution in [0.4, 0.5) is 19.0 Å². The fraction of sp³-hybridized carbons (Fsp3) is 0.552. The standard InChI is InChI=1S/C27H36ClN5O.C2HF3O2/c1-20-17-33(24-11-14-31(15-12-24)26-4-2-3-13-29-26)25(16-21-5-7-22(28)8-6-21)18-32(20)19-27(34)30-23-9-10-23;3-2(4,5)1(6)7/h2-8,13,20,23-25H,9-12,14-19H2,1H3,(H,30,34);(H,6,7)/t20-,25-;/m0./s1. The van der Waals surface area contributed by atoms with Gasteiger partial charge in [0, 0.05) is 61.6 Å². The second kappa shape index (κ2) is 13.8. The van der Waals surface area contributed by atoms with Gasteiger partial charge in [0.2, 0.25) is 5.91 Å². The Morgan fingerprint density at radius 3 is 2.27 bits per heavy atom. The molecule has 0 spiro atoms. The Balaban J connectivity index is 0.000000493. The van der Waals surface area contributed by atoms with Crippen LogP contribution < -0.4 is 10.2 Å². The maximum absolute atomic E-state index is 12.6. The van der Waals surface area contributed by atoms with E-state index in [1.54, 1.807) is 0 Å². The average Bonchev–Trinajstić information content (AvgIpc) is 3.76. The zero-order chi connectivity index (χ0) is 29.6. The second-order valence-electron chi connectivity index (χ2n) is 11.0. The number of nitrogens with zero attached hydrogens (tertiary/aromatic N) is 4. The molecule has 1 aromatic heterocycles. The number of carboxylic acids is 1. The number of rotatable bonds is 7. The molecule has 1 aromatic carbocycles. The molecule has 1 saturated carbocycles. The first-order chi connectivity index (χ1) is 19.5. The minimum atomic E-state index is -5.08. The van der Waals surface area contributed by atoms with Crippen LogP contribution in [0.5, 0.6) is 0 Å². The average molecular weight is 596 g/mol.